The standard InChI is InChI=1S/C8H7F2NOS/c9-6(10)1-5-3-11-7(12)2-8(11)13-4-5/h1,3,8H,2,4H2/t8-/m1/s1. The fourth-order valence-corrected chi connectivity index (χ4v) is 2.47. The van der Waals surface area contributed by atoms with E-state index in [-0.39, 0.29) is 11.3 Å². The van der Waals surface area contributed by atoms with E-state index >= 15 is 0 Å². The van der Waals surface area contributed by atoms with Crippen LogP contribution in [0.2, 0.25) is 0 Å². The van der Waals surface area contributed by atoms with Crippen LogP contribution in [0.15, 0.2) is 23.9 Å². The molecule has 70 valence electrons. The Kier molecular flexibility index (Phi) is 2.11. The highest BCUT2D eigenvalue weighted by Gasteiger charge is 2.37. The van der Waals surface area contributed by atoms with Crippen LogP contribution >= 0.6 is 11.8 Å². The topological polar surface area (TPSA) is 20.3 Å². The average Bonchev–Trinajstić information content (AvgIpc) is 2.05. The minimum Gasteiger partial charge on any atom is -0.306 e. The molecule has 0 N–H and O–H groups in total. The average molecular weight is 203 g/mol. The minimum atomic E-state index is -1.71. The predicted octanol–water partition coefficient (Wildman–Crippen LogP) is 1.96. The van der Waals surface area contributed by atoms with Gasteiger partial charge in [-0.25, -0.2) is 0 Å². The van der Waals surface area contributed by atoms with Crippen molar-refractivity contribution in [2.24, 2.45) is 0 Å². The summed E-state index contributed by atoms with van der Waals surface area (Å²) in [6.07, 6.45) is 1.16. The predicted molar refractivity (Wildman–Crippen MR) is 46.1 cm³/mol. The molecule has 0 unspecified atom stereocenters. The first kappa shape index (κ1) is 8.74. The quantitative estimate of drug-likeness (QED) is 0.607. The summed E-state index contributed by atoms with van der Waals surface area (Å²) in [4.78, 5) is 12.5. The lowest BCUT2D eigenvalue weighted by molar-refractivity contribution is -0.137. The van der Waals surface area contributed by atoms with Crippen molar-refractivity contribution in [3.05, 3.63) is 23.9 Å². The smallest absolute Gasteiger partial charge is 0.270 e. The van der Waals surface area contributed by atoms with Gasteiger partial charge in [0, 0.05) is 18.0 Å². The van der Waals surface area contributed by atoms with Gasteiger partial charge in [-0.1, -0.05) is 0 Å². The summed E-state index contributed by atoms with van der Waals surface area (Å²) in [5, 5.41) is 0.187. The molecule has 0 radical (unpaired) electrons. The summed E-state index contributed by atoms with van der Waals surface area (Å²) < 4.78 is 23.7. The molecule has 2 heterocycles. The van der Waals surface area contributed by atoms with Gasteiger partial charge in [-0.2, -0.15) is 8.78 Å². The SMILES string of the molecule is O=C1C[C@H]2SCC(C=C(F)F)=CN12. The minimum absolute atomic E-state index is 0.0161. The maximum absolute atomic E-state index is 11.9. The lowest BCUT2D eigenvalue weighted by atomic mass is 10.2. The van der Waals surface area contributed by atoms with Crippen LogP contribution in [0.25, 0.3) is 0 Å². The number of halogens is 2. The largest absolute Gasteiger partial charge is 0.306 e. The van der Waals surface area contributed by atoms with Gasteiger partial charge in [-0.05, 0) is 5.57 Å². The molecule has 0 saturated carbocycles. The number of amides is 1. The Hall–Kier alpha value is -0.840. The summed E-state index contributed by atoms with van der Waals surface area (Å²) in [5.74, 6) is 0.577. The summed E-state index contributed by atoms with van der Waals surface area (Å²) in [6.45, 7) is 0. The second-order valence-corrected chi connectivity index (χ2v) is 4.07. The molecule has 2 aliphatic heterocycles. The number of carbonyl (C=O) groups is 1. The maximum Gasteiger partial charge on any atom is 0.270 e. The molecule has 13 heavy (non-hydrogen) atoms. The van der Waals surface area contributed by atoms with E-state index in [4.69, 9.17) is 0 Å². The van der Waals surface area contributed by atoms with Gasteiger partial charge in [0.1, 0.15) is 0 Å². The van der Waals surface area contributed by atoms with Gasteiger partial charge >= 0.3 is 0 Å². The molecule has 2 aliphatic rings. The first-order valence-corrected chi connectivity index (χ1v) is 4.88. The van der Waals surface area contributed by atoms with Crippen LogP contribution in [0.5, 0.6) is 0 Å². The van der Waals surface area contributed by atoms with E-state index in [1.807, 2.05) is 0 Å². The van der Waals surface area contributed by atoms with Crippen LogP contribution in [0.1, 0.15) is 6.42 Å². The van der Waals surface area contributed by atoms with Crippen molar-refractivity contribution in [1.82, 2.24) is 4.90 Å². The zero-order valence-corrected chi connectivity index (χ0v) is 7.48. The van der Waals surface area contributed by atoms with Gasteiger partial charge in [-0.15, -0.1) is 11.8 Å². The molecule has 0 aromatic carbocycles. The highest BCUT2D eigenvalue weighted by atomic mass is 32.2. The third-order valence-electron chi connectivity index (χ3n) is 1.99. The van der Waals surface area contributed by atoms with Crippen LogP contribution < -0.4 is 0 Å². The highest BCUT2D eigenvalue weighted by Crippen LogP contribution is 2.35. The number of fused-ring (bicyclic) bond motifs is 1. The number of hydrogen-bond acceptors (Lipinski definition) is 2. The molecule has 5 heteroatoms. The highest BCUT2D eigenvalue weighted by molar-refractivity contribution is 8.00. The maximum atomic E-state index is 11.9. The number of thioether (sulfide) groups is 1. The molecule has 0 bridgehead atoms. The molecule has 1 saturated heterocycles. The van der Waals surface area contributed by atoms with E-state index in [9.17, 15) is 13.6 Å². The molecule has 2 nitrogen and oxygen atoms in total. The Balaban J connectivity index is 2.14. The van der Waals surface area contributed by atoms with E-state index in [0.717, 1.165) is 6.08 Å². The van der Waals surface area contributed by atoms with Crippen LogP contribution in [-0.4, -0.2) is 21.9 Å². The molecular formula is C8H7F2NOS. The molecule has 0 aromatic rings. The number of nitrogens with zero attached hydrogens (tertiary/aromatic N) is 1. The van der Waals surface area contributed by atoms with E-state index < -0.39 is 6.08 Å². The second kappa shape index (κ2) is 3.14. The van der Waals surface area contributed by atoms with Crippen LogP contribution in [0.3, 0.4) is 0 Å². The first-order chi connectivity index (χ1) is 6.16. The van der Waals surface area contributed by atoms with Crippen molar-refractivity contribution in [2.75, 3.05) is 5.75 Å². The molecule has 1 atom stereocenters. The Bertz CT molecular complexity index is 309. The third kappa shape index (κ3) is 1.60. The van der Waals surface area contributed by atoms with Crippen LogP contribution in [0, 0.1) is 0 Å². The lowest BCUT2D eigenvalue weighted by Gasteiger charge is -2.40. The van der Waals surface area contributed by atoms with Gasteiger partial charge in [0.15, 0.2) is 0 Å². The van der Waals surface area contributed by atoms with Crippen LogP contribution in [-0.2, 0) is 4.79 Å². The number of carbonyl (C=O) groups excluding carboxylic acids is 1. The van der Waals surface area contributed by atoms with Crippen molar-refractivity contribution in [2.45, 2.75) is 11.8 Å². The molecule has 1 amide bonds. The number of hydrogen-bond donors (Lipinski definition) is 0. The zero-order valence-electron chi connectivity index (χ0n) is 6.67. The summed E-state index contributed by atoms with van der Waals surface area (Å²) in [6, 6.07) is 0. The third-order valence-corrected chi connectivity index (χ3v) is 3.27. The fraction of sp³-hybridized carbons (Fsp3) is 0.375. The van der Waals surface area contributed by atoms with Crippen molar-refractivity contribution in [3.63, 3.8) is 0 Å². The van der Waals surface area contributed by atoms with Gasteiger partial charge in [0.05, 0.1) is 11.8 Å². The molecule has 1 fully saturated rings. The summed E-state index contributed by atoms with van der Waals surface area (Å²) in [5.41, 5.74) is 0.509. The molecule has 0 spiro atoms. The fourth-order valence-electron chi connectivity index (χ4n) is 1.32. The number of allylic oxidation sites excluding steroid dienone is 1. The normalized spacial score (nSPS) is 26.0. The van der Waals surface area contributed by atoms with Gasteiger partial charge in [0.25, 0.3) is 6.08 Å². The first-order valence-electron chi connectivity index (χ1n) is 3.83. The Labute approximate surface area is 78.3 Å². The van der Waals surface area contributed by atoms with Gasteiger partial charge in [-0.3, -0.25) is 4.79 Å². The Morgan fingerprint density at radius 1 is 1.69 bits per heavy atom. The molecule has 0 aliphatic carbocycles. The van der Waals surface area contributed by atoms with Crippen molar-refractivity contribution >= 4 is 17.7 Å². The van der Waals surface area contributed by atoms with E-state index in [0.29, 0.717) is 17.7 Å². The number of β-lactam (4-membered cyclic amide) rings is 1. The van der Waals surface area contributed by atoms with Crippen molar-refractivity contribution in [3.8, 4) is 0 Å². The Morgan fingerprint density at radius 3 is 3.08 bits per heavy atom. The summed E-state index contributed by atoms with van der Waals surface area (Å²) >= 11 is 1.53. The lowest BCUT2D eigenvalue weighted by Crippen LogP contribution is -2.49. The molecule has 2 rings (SSSR count). The van der Waals surface area contributed by atoms with Crippen molar-refractivity contribution in [1.29, 1.82) is 0 Å². The van der Waals surface area contributed by atoms with E-state index in [2.05, 4.69) is 0 Å². The molecular weight excluding hydrogens is 196 g/mol. The van der Waals surface area contributed by atoms with Gasteiger partial charge < -0.3 is 4.90 Å². The monoisotopic (exact) mass is 203 g/mol. The number of rotatable bonds is 1. The Morgan fingerprint density at radius 2 is 2.46 bits per heavy atom. The van der Waals surface area contributed by atoms with E-state index in [1.54, 1.807) is 0 Å². The van der Waals surface area contributed by atoms with E-state index in [1.165, 1.54) is 22.9 Å². The van der Waals surface area contributed by atoms with Gasteiger partial charge in [0.2, 0.25) is 5.91 Å². The van der Waals surface area contributed by atoms with Crippen molar-refractivity contribution < 1.29 is 13.6 Å². The van der Waals surface area contributed by atoms with Crippen LogP contribution in [0.4, 0.5) is 8.78 Å². The second-order valence-electron chi connectivity index (χ2n) is 2.91. The molecule has 0 aromatic heterocycles. The zero-order chi connectivity index (χ0) is 9.42. The summed E-state index contributed by atoms with van der Waals surface area (Å²) in [7, 11) is 0.